The molecule has 1 fully saturated rings. The molecule has 0 atom stereocenters. The first-order chi connectivity index (χ1) is 12.1. The number of rotatable bonds is 3. The highest BCUT2D eigenvalue weighted by Crippen LogP contribution is 2.24. The monoisotopic (exact) mass is 333 g/mol. The Bertz CT molecular complexity index is 937. The minimum Gasteiger partial charge on any atom is -0.360 e. The highest BCUT2D eigenvalue weighted by atomic mass is 16.2. The van der Waals surface area contributed by atoms with Crippen molar-refractivity contribution in [3.05, 3.63) is 65.9 Å². The van der Waals surface area contributed by atoms with Crippen molar-refractivity contribution in [1.29, 1.82) is 0 Å². The molecular weight excluding hydrogens is 314 g/mol. The number of aromatic nitrogens is 1. The molecule has 1 aliphatic heterocycles. The number of para-hydroxylation sites is 1. The molecule has 1 aromatic heterocycles. The predicted molar refractivity (Wildman–Crippen MR) is 97.5 cm³/mol. The van der Waals surface area contributed by atoms with E-state index in [9.17, 15) is 9.59 Å². The van der Waals surface area contributed by atoms with E-state index in [1.165, 1.54) is 0 Å². The van der Waals surface area contributed by atoms with E-state index < -0.39 is 0 Å². The lowest BCUT2D eigenvalue weighted by Crippen LogP contribution is -2.54. The summed E-state index contributed by atoms with van der Waals surface area (Å²) in [5, 5.41) is 3.83. The van der Waals surface area contributed by atoms with Crippen LogP contribution in [0.25, 0.3) is 10.9 Å². The van der Waals surface area contributed by atoms with Crippen LogP contribution in [0.5, 0.6) is 0 Å². The van der Waals surface area contributed by atoms with Gasteiger partial charge in [-0.1, -0.05) is 35.9 Å². The summed E-state index contributed by atoms with van der Waals surface area (Å²) in [5.74, 6) is -0.223. The molecule has 126 valence electrons. The number of anilines is 1. The Hall–Kier alpha value is -3.08. The zero-order chi connectivity index (χ0) is 17.4. The molecular formula is C20H19N3O2. The van der Waals surface area contributed by atoms with Crippen molar-refractivity contribution in [2.75, 3.05) is 18.4 Å². The summed E-state index contributed by atoms with van der Waals surface area (Å²) in [5.41, 5.74) is 3.54. The zero-order valence-corrected chi connectivity index (χ0v) is 14.0. The van der Waals surface area contributed by atoms with Crippen molar-refractivity contribution in [2.24, 2.45) is 5.92 Å². The van der Waals surface area contributed by atoms with Gasteiger partial charge in [0.15, 0.2) is 0 Å². The second-order valence-corrected chi connectivity index (χ2v) is 6.51. The number of H-pyrrole nitrogens is 1. The Morgan fingerprint density at radius 3 is 2.56 bits per heavy atom. The number of nitrogens with zero attached hydrogens (tertiary/aromatic N) is 1. The molecule has 2 heterocycles. The first kappa shape index (κ1) is 15.4. The summed E-state index contributed by atoms with van der Waals surface area (Å²) < 4.78 is 0. The van der Waals surface area contributed by atoms with Gasteiger partial charge in [-0.25, -0.2) is 0 Å². The number of aryl methyl sites for hydroxylation is 1. The topological polar surface area (TPSA) is 65.2 Å². The van der Waals surface area contributed by atoms with Gasteiger partial charge in [-0.2, -0.15) is 0 Å². The normalized spacial score (nSPS) is 14.4. The minimum atomic E-state index is -0.157. The van der Waals surface area contributed by atoms with Crippen LogP contribution < -0.4 is 5.32 Å². The number of aromatic amines is 1. The molecule has 0 unspecified atom stereocenters. The number of carbonyl (C=O) groups is 2. The van der Waals surface area contributed by atoms with Crippen LogP contribution in [0, 0.1) is 12.8 Å². The van der Waals surface area contributed by atoms with Crippen molar-refractivity contribution in [1.82, 2.24) is 9.88 Å². The number of fused-ring (bicyclic) bond motifs is 1. The number of nitrogens with one attached hydrogen (secondary N) is 2. The molecule has 3 aromatic rings. The van der Waals surface area contributed by atoms with E-state index in [4.69, 9.17) is 0 Å². The minimum absolute atomic E-state index is 0.0307. The summed E-state index contributed by atoms with van der Waals surface area (Å²) >= 11 is 0. The molecule has 0 spiro atoms. The maximum atomic E-state index is 12.6. The van der Waals surface area contributed by atoms with Crippen molar-refractivity contribution >= 4 is 28.4 Å². The Balaban J connectivity index is 1.39. The fourth-order valence-electron chi connectivity index (χ4n) is 3.11. The summed E-state index contributed by atoms with van der Waals surface area (Å²) in [6.07, 6.45) is 1.74. The quantitative estimate of drug-likeness (QED) is 0.773. The van der Waals surface area contributed by atoms with Gasteiger partial charge in [-0.15, -0.1) is 0 Å². The second-order valence-electron chi connectivity index (χ2n) is 6.51. The standard InChI is InChI=1S/C20H19N3O2/c1-13-6-8-15(9-7-13)22-19(24)14-11-23(12-14)20(25)17-10-21-18-5-3-2-4-16(17)18/h2-10,14,21H,11-12H2,1H3,(H,22,24). The first-order valence-corrected chi connectivity index (χ1v) is 8.35. The number of benzene rings is 2. The summed E-state index contributed by atoms with van der Waals surface area (Å²) in [6.45, 7) is 2.91. The lowest BCUT2D eigenvalue weighted by Gasteiger charge is -2.38. The lowest BCUT2D eigenvalue weighted by molar-refractivity contribution is -0.123. The van der Waals surface area contributed by atoms with Crippen LogP contribution in [0.3, 0.4) is 0 Å². The Kier molecular flexibility index (Phi) is 3.76. The van der Waals surface area contributed by atoms with Gasteiger partial charge in [0, 0.05) is 35.9 Å². The third kappa shape index (κ3) is 2.89. The van der Waals surface area contributed by atoms with E-state index >= 15 is 0 Å². The molecule has 0 aliphatic carbocycles. The number of hydrogen-bond donors (Lipinski definition) is 2. The van der Waals surface area contributed by atoms with E-state index in [-0.39, 0.29) is 17.7 Å². The molecule has 5 nitrogen and oxygen atoms in total. The summed E-state index contributed by atoms with van der Waals surface area (Å²) in [7, 11) is 0. The molecule has 5 heteroatoms. The Morgan fingerprint density at radius 1 is 1.08 bits per heavy atom. The van der Waals surface area contributed by atoms with Gasteiger partial charge in [0.1, 0.15) is 0 Å². The molecule has 0 bridgehead atoms. The third-order valence-electron chi connectivity index (χ3n) is 4.68. The Labute approximate surface area is 145 Å². The summed E-state index contributed by atoms with van der Waals surface area (Å²) in [6, 6.07) is 15.4. The van der Waals surface area contributed by atoms with Gasteiger partial charge in [0.2, 0.25) is 5.91 Å². The molecule has 1 saturated heterocycles. The van der Waals surface area contributed by atoms with Crippen molar-refractivity contribution < 1.29 is 9.59 Å². The van der Waals surface area contributed by atoms with Crippen LogP contribution in [0.2, 0.25) is 0 Å². The molecule has 2 N–H and O–H groups in total. The van der Waals surface area contributed by atoms with Crippen LogP contribution in [-0.2, 0) is 4.79 Å². The van der Waals surface area contributed by atoms with Gasteiger partial charge in [-0.3, -0.25) is 9.59 Å². The first-order valence-electron chi connectivity index (χ1n) is 8.35. The fraction of sp³-hybridized carbons (Fsp3) is 0.200. The SMILES string of the molecule is Cc1ccc(NC(=O)C2CN(C(=O)c3c[nH]c4ccccc34)C2)cc1. The third-order valence-corrected chi connectivity index (χ3v) is 4.68. The highest BCUT2D eigenvalue weighted by molar-refractivity contribution is 6.07. The van der Waals surface area contributed by atoms with Crippen LogP contribution in [0.4, 0.5) is 5.69 Å². The van der Waals surface area contributed by atoms with Gasteiger partial charge in [-0.05, 0) is 25.1 Å². The van der Waals surface area contributed by atoms with Crippen LogP contribution >= 0.6 is 0 Å². The van der Waals surface area contributed by atoms with E-state index in [2.05, 4.69) is 10.3 Å². The number of carbonyl (C=O) groups excluding carboxylic acids is 2. The van der Waals surface area contributed by atoms with Gasteiger partial charge in [0.25, 0.3) is 5.91 Å². The van der Waals surface area contributed by atoms with Crippen molar-refractivity contribution in [3.63, 3.8) is 0 Å². The fourth-order valence-corrected chi connectivity index (χ4v) is 3.11. The smallest absolute Gasteiger partial charge is 0.256 e. The number of likely N-dealkylation sites (tertiary alicyclic amines) is 1. The summed E-state index contributed by atoms with van der Waals surface area (Å²) in [4.78, 5) is 29.8. The van der Waals surface area contributed by atoms with Crippen LogP contribution in [-0.4, -0.2) is 34.8 Å². The highest BCUT2D eigenvalue weighted by Gasteiger charge is 2.36. The van der Waals surface area contributed by atoms with Gasteiger partial charge in [0.05, 0.1) is 11.5 Å². The van der Waals surface area contributed by atoms with E-state index in [1.807, 2.05) is 55.5 Å². The largest absolute Gasteiger partial charge is 0.360 e. The molecule has 1 aliphatic rings. The maximum Gasteiger partial charge on any atom is 0.256 e. The van der Waals surface area contributed by atoms with Crippen LogP contribution in [0.1, 0.15) is 15.9 Å². The molecule has 0 radical (unpaired) electrons. The molecule has 2 aromatic carbocycles. The predicted octanol–water partition coefficient (Wildman–Crippen LogP) is 3.19. The number of hydrogen-bond acceptors (Lipinski definition) is 2. The van der Waals surface area contributed by atoms with E-state index in [0.717, 1.165) is 22.2 Å². The molecule has 4 rings (SSSR count). The Morgan fingerprint density at radius 2 is 1.80 bits per heavy atom. The van der Waals surface area contributed by atoms with Gasteiger partial charge < -0.3 is 15.2 Å². The zero-order valence-electron chi connectivity index (χ0n) is 14.0. The maximum absolute atomic E-state index is 12.6. The van der Waals surface area contributed by atoms with E-state index in [1.54, 1.807) is 11.1 Å². The average molecular weight is 333 g/mol. The lowest BCUT2D eigenvalue weighted by atomic mass is 9.97. The van der Waals surface area contributed by atoms with Gasteiger partial charge >= 0.3 is 0 Å². The number of amides is 2. The van der Waals surface area contributed by atoms with Crippen molar-refractivity contribution in [3.8, 4) is 0 Å². The van der Waals surface area contributed by atoms with E-state index in [0.29, 0.717) is 18.7 Å². The van der Waals surface area contributed by atoms with Crippen LogP contribution in [0.15, 0.2) is 54.7 Å². The molecule has 2 amide bonds. The van der Waals surface area contributed by atoms with Crippen molar-refractivity contribution in [2.45, 2.75) is 6.92 Å². The average Bonchev–Trinajstić information content (AvgIpc) is 2.99. The molecule has 25 heavy (non-hydrogen) atoms. The second kappa shape index (κ2) is 6.09. The molecule has 0 saturated carbocycles.